The summed E-state index contributed by atoms with van der Waals surface area (Å²) in [6, 6.07) is 17.0. The predicted molar refractivity (Wildman–Crippen MR) is 123 cm³/mol. The van der Waals surface area contributed by atoms with E-state index < -0.39 is 0 Å². The Bertz CT molecular complexity index is 836. The summed E-state index contributed by atoms with van der Waals surface area (Å²) in [5, 5.41) is 3.40. The van der Waals surface area contributed by atoms with Gasteiger partial charge in [0.25, 0.3) is 5.91 Å². The smallest absolute Gasteiger partial charge is 0.253 e. The van der Waals surface area contributed by atoms with Crippen molar-refractivity contribution in [1.82, 2.24) is 10.2 Å². The third-order valence-corrected chi connectivity index (χ3v) is 7.57. The Kier molecular flexibility index (Phi) is 6.81. The van der Waals surface area contributed by atoms with Gasteiger partial charge in [-0.05, 0) is 86.3 Å². The molecule has 2 aliphatic rings. The van der Waals surface area contributed by atoms with Gasteiger partial charge in [-0.2, -0.15) is 0 Å². The average molecular weight is 425 g/mol. The molecule has 2 fully saturated rings. The van der Waals surface area contributed by atoms with E-state index in [0.717, 1.165) is 57.4 Å². The van der Waals surface area contributed by atoms with Gasteiger partial charge < -0.3 is 15.0 Å². The molecule has 2 aromatic carbocycles. The van der Waals surface area contributed by atoms with E-state index in [2.05, 4.69) is 48.0 Å². The highest BCUT2D eigenvalue weighted by atomic mass is 32.2. The minimum absolute atomic E-state index is 0.148. The molecule has 4 nitrogen and oxygen atoms in total. The highest BCUT2D eigenvalue weighted by molar-refractivity contribution is 7.98. The van der Waals surface area contributed by atoms with Gasteiger partial charge in [0.05, 0.1) is 5.60 Å². The zero-order valence-corrected chi connectivity index (χ0v) is 18.8. The minimum Gasteiger partial charge on any atom is -0.373 e. The molecular weight excluding hydrogens is 392 g/mol. The van der Waals surface area contributed by atoms with Crippen molar-refractivity contribution in [3.63, 3.8) is 0 Å². The van der Waals surface area contributed by atoms with Gasteiger partial charge in [-0.1, -0.05) is 24.3 Å². The number of piperidine rings is 2. The average Bonchev–Trinajstić information content (AvgIpc) is 2.84. The number of amides is 1. The number of likely N-dealkylation sites (tertiary alicyclic amines) is 1. The van der Waals surface area contributed by atoms with Crippen molar-refractivity contribution >= 4 is 17.7 Å². The van der Waals surface area contributed by atoms with Crippen molar-refractivity contribution in [1.29, 1.82) is 0 Å². The number of nitrogens with one attached hydrogen (secondary N) is 1. The Morgan fingerprint density at radius 2 is 1.67 bits per heavy atom. The molecule has 2 aliphatic heterocycles. The molecular formula is C25H32N2O2S. The number of methoxy groups -OCH3 is 1. The van der Waals surface area contributed by atoms with E-state index in [1.165, 1.54) is 16.0 Å². The molecule has 2 aromatic rings. The molecule has 5 heteroatoms. The first-order chi connectivity index (χ1) is 14.6. The van der Waals surface area contributed by atoms with Crippen molar-refractivity contribution in [2.45, 2.75) is 42.1 Å². The lowest BCUT2D eigenvalue weighted by Crippen LogP contribution is -2.41. The largest absolute Gasteiger partial charge is 0.373 e. The standard InChI is InChI=1S/C25H32N2O2S/c1-29-25(13-15-26-16-14-25)22-7-3-21(4-8-22)24(28)27-17-11-20(12-18-27)19-5-9-23(30-2)10-6-19/h3-10,20,26H,11-18H2,1-2H3. The summed E-state index contributed by atoms with van der Waals surface area (Å²) in [5.74, 6) is 0.698. The Hall–Kier alpha value is -1.82. The molecule has 0 atom stereocenters. The normalized spacial score (nSPS) is 19.6. The number of rotatable bonds is 5. The van der Waals surface area contributed by atoms with Crippen molar-refractivity contribution in [3.05, 3.63) is 65.2 Å². The fraction of sp³-hybridized carbons (Fsp3) is 0.480. The first kappa shape index (κ1) is 21.4. The van der Waals surface area contributed by atoms with Crippen LogP contribution in [0.25, 0.3) is 0 Å². The number of carbonyl (C=O) groups is 1. The van der Waals surface area contributed by atoms with Crippen LogP contribution in [0, 0.1) is 0 Å². The van der Waals surface area contributed by atoms with Crippen LogP contribution in [-0.4, -0.2) is 50.4 Å². The van der Waals surface area contributed by atoms with Gasteiger partial charge in [-0.3, -0.25) is 4.79 Å². The summed E-state index contributed by atoms with van der Waals surface area (Å²) >= 11 is 1.77. The lowest BCUT2D eigenvalue weighted by atomic mass is 9.84. The van der Waals surface area contributed by atoms with Crippen LogP contribution in [0.15, 0.2) is 53.4 Å². The van der Waals surface area contributed by atoms with Gasteiger partial charge in [0.2, 0.25) is 0 Å². The van der Waals surface area contributed by atoms with Gasteiger partial charge in [0.15, 0.2) is 0 Å². The molecule has 160 valence electrons. The molecule has 1 N–H and O–H groups in total. The lowest BCUT2D eigenvalue weighted by molar-refractivity contribution is -0.0391. The van der Waals surface area contributed by atoms with E-state index in [4.69, 9.17) is 4.74 Å². The van der Waals surface area contributed by atoms with Gasteiger partial charge in [-0.15, -0.1) is 11.8 Å². The molecule has 1 amide bonds. The molecule has 0 saturated carbocycles. The number of benzene rings is 2. The quantitative estimate of drug-likeness (QED) is 0.709. The minimum atomic E-state index is -0.225. The van der Waals surface area contributed by atoms with Gasteiger partial charge >= 0.3 is 0 Å². The molecule has 0 spiro atoms. The topological polar surface area (TPSA) is 41.6 Å². The second-order valence-electron chi connectivity index (χ2n) is 8.37. The molecule has 2 saturated heterocycles. The number of thioether (sulfide) groups is 1. The molecule has 0 bridgehead atoms. The number of carbonyl (C=O) groups excluding carboxylic acids is 1. The van der Waals surface area contributed by atoms with Crippen LogP contribution < -0.4 is 5.32 Å². The van der Waals surface area contributed by atoms with E-state index in [1.807, 2.05) is 17.0 Å². The molecule has 30 heavy (non-hydrogen) atoms. The monoisotopic (exact) mass is 424 g/mol. The highest BCUT2D eigenvalue weighted by Crippen LogP contribution is 2.35. The Morgan fingerprint density at radius 1 is 1.03 bits per heavy atom. The molecule has 0 unspecified atom stereocenters. The van der Waals surface area contributed by atoms with Crippen LogP contribution in [0.1, 0.15) is 53.1 Å². The van der Waals surface area contributed by atoms with Crippen LogP contribution in [0.2, 0.25) is 0 Å². The maximum Gasteiger partial charge on any atom is 0.253 e. The SMILES string of the molecule is COC1(c2ccc(C(=O)N3CCC(c4ccc(SC)cc4)CC3)cc2)CCNCC1. The number of hydrogen-bond acceptors (Lipinski definition) is 4. The molecule has 4 rings (SSSR count). The first-order valence-corrected chi connectivity index (χ1v) is 12.2. The van der Waals surface area contributed by atoms with Crippen LogP contribution in [0.3, 0.4) is 0 Å². The Morgan fingerprint density at radius 3 is 2.23 bits per heavy atom. The van der Waals surface area contributed by atoms with Gasteiger partial charge in [-0.25, -0.2) is 0 Å². The zero-order chi connectivity index (χ0) is 21.0. The second kappa shape index (κ2) is 9.54. The van der Waals surface area contributed by atoms with Crippen LogP contribution in [-0.2, 0) is 10.3 Å². The fourth-order valence-electron chi connectivity index (χ4n) is 4.83. The number of nitrogens with zero attached hydrogens (tertiary/aromatic N) is 1. The summed E-state index contributed by atoms with van der Waals surface area (Å²) in [4.78, 5) is 16.4. The highest BCUT2D eigenvalue weighted by Gasteiger charge is 2.34. The summed E-state index contributed by atoms with van der Waals surface area (Å²) in [5.41, 5.74) is 3.13. The molecule has 2 heterocycles. The first-order valence-electron chi connectivity index (χ1n) is 10.9. The molecule has 0 radical (unpaired) electrons. The third kappa shape index (κ3) is 4.43. The van der Waals surface area contributed by atoms with E-state index in [1.54, 1.807) is 18.9 Å². The Balaban J connectivity index is 1.38. The van der Waals surface area contributed by atoms with Crippen molar-refractivity contribution in [3.8, 4) is 0 Å². The van der Waals surface area contributed by atoms with E-state index in [9.17, 15) is 4.79 Å². The van der Waals surface area contributed by atoms with Crippen LogP contribution >= 0.6 is 11.8 Å². The van der Waals surface area contributed by atoms with Crippen molar-refractivity contribution in [2.24, 2.45) is 0 Å². The maximum absolute atomic E-state index is 13.0. The van der Waals surface area contributed by atoms with E-state index >= 15 is 0 Å². The zero-order valence-electron chi connectivity index (χ0n) is 18.0. The number of ether oxygens (including phenoxy) is 1. The van der Waals surface area contributed by atoms with Crippen LogP contribution in [0.5, 0.6) is 0 Å². The van der Waals surface area contributed by atoms with Gasteiger partial charge in [0.1, 0.15) is 0 Å². The molecule has 0 aromatic heterocycles. The second-order valence-corrected chi connectivity index (χ2v) is 9.25. The van der Waals surface area contributed by atoms with Crippen molar-refractivity contribution < 1.29 is 9.53 Å². The van der Waals surface area contributed by atoms with Crippen molar-refractivity contribution in [2.75, 3.05) is 39.5 Å². The Labute approximate surface area is 184 Å². The van der Waals surface area contributed by atoms with E-state index in [-0.39, 0.29) is 11.5 Å². The predicted octanol–water partition coefficient (Wildman–Crippen LogP) is 4.65. The lowest BCUT2D eigenvalue weighted by Gasteiger charge is -2.37. The van der Waals surface area contributed by atoms with Crippen LogP contribution in [0.4, 0.5) is 0 Å². The maximum atomic E-state index is 13.0. The summed E-state index contributed by atoms with van der Waals surface area (Å²) in [6.45, 7) is 3.57. The van der Waals surface area contributed by atoms with Gasteiger partial charge in [0, 0.05) is 30.7 Å². The summed E-state index contributed by atoms with van der Waals surface area (Å²) < 4.78 is 5.91. The summed E-state index contributed by atoms with van der Waals surface area (Å²) in [6.07, 6.45) is 6.09. The van der Waals surface area contributed by atoms with E-state index in [0.29, 0.717) is 5.92 Å². The number of hydrogen-bond donors (Lipinski definition) is 1. The fourth-order valence-corrected chi connectivity index (χ4v) is 5.24. The molecule has 0 aliphatic carbocycles. The third-order valence-electron chi connectivity index (χ3n) is 6.83. The summed E-state index contributed by atoms with van der Waals surface area (Å²) in [7, 11) is 1.79.